The van der Waals surface area contributed by atoms with E-state index in [1.165, 1.54) is 0 Å². The van der Waals surface area contributed by atoms with Gasteiger partial charge in [-0.3, -0.25) is 4.79 Å². The van der Waals surface area contributed by atoms with E-state index in [0.717, 1.165) is 16.7 Å². The molecule has 0 saturated heterocycles. The summed E-state index contributed by atoms with van der Waals surface area (Å²) in [5, 5.41) is 0. The van der Waals surface area contributed by atoms with Gasteiger partial charge in [0.05, 0.1) is 14.2 Å². The predicted molar refractivity (Wildman–Crippen MR) is 88.1 cm³/mol. The van der Waals surface area contributed by atoms with Crippen LogP contribution < -0.4 is 18.9 Å². The monoisotopic (exact) mass is 324 g/mol. The molecular weight excluding hydrogens is 308 g/mol. The first kappa shape index (κ1) is 14.6. The minimum Gasteiger partial charge on any atom is -0.493 e. The Balaban J connectivity index is 1.90. The van der Waals surface area contributed by atoms with Gasteiger partial charge in [0, 0.05) is 11.1 Å². The van der Waals surface area contributed by atoms with Crippen molar-refractivity contribution in [1.29, 1.82) is 0 Å². The number of ether oxygens (including phenoxy) is 4. The van der Waals surface area contributed by atoms with Crippen LogP contribution in [0.25, 0.3) is 5.57 Å². The van der Waals surface area contributed by atoms with E-state index in [2.05, 4.69) is 0 Å². The third-order valence-electron chi connectivity index (χ3n) is 4.41. The summed E-state index contributed by atoms with van der Waals surface area (Å²) in [6.45, 7) is 2.05. The zero-order valence-electron chi connectivity index (χ0n) is 13.6. The van der Waals surface area contributed by atoms with Gasteiger partial charge in [0.15, 0.2) is 28.8 Å². The lowest BCUT2D eigenvalue weighted by molar-refractivity contribution is 0.103. The molecule has 0 fully saturated rings. The van der Waals surface area contributed by atoms with Crippen molar-refractivity contribution in [3.63, 3.8) is 0 Å². The maximum Gasteiger partial charge on any atom is 0.231 e. The fraction of sp³-hybridized carbons (Fsp3) is 0.211. The number of allylic oxidation sites excluding steroid dienone is 1. The van der Waals surface area contributed by atoms with Crippen LogP contribution in [0.5, 0.6) is 23.0 Å². The molecule has 1 aliphatic carbocycles. The van der Waals surface area contributed by atoms with Gasteiger partial charge < -0.3 is 18.9 Å². The quantitative estimate of drug-likeness (QED) is 0.865. The van der Waals surface area contributed by atoms with Crippen LogP contribution in [0.2, 0.25) is 0 Å². The second-order valence-electron chi connectivity index (χ2n) is 5.65. The number of benzene rings is 2. The number of rotatable bonds is 3. The molecule has 4 rings (SSSR count). The van der Waals surface area contributed by atoms with Crippen LogP contribution in [-0.2, 0) is 0 Å². The summed E-state index contributed by atoms with van der Waals surface area (Å²) in [5.74, 6) is 2.54. The lowest BCUT2D eigenvalue weighted by Crippen LogP contribution is -1.98. The molecule has 0 bridgehead atoms. The van der Waals surface area contributed by atoms with Crippen molar-refractivity contribution in [2.45, 2.75) is 6.92 Å². The summed E-state index contributed by atoms with van der Waals surface area (Å²) in [6.07, 6.45) is 0. The Kier molecular flexibility index (Phi) is 3.23. The van der Waals surface area contributed by atoms with Crippen molar-refractivity contribution in [2.75, 3.05) is 21.0 Å². The summed E-state index contributed by atoms with van der Waals surface area (Å²) in [4.78, 5) is 12.7. The second kappa shape index (κ2) is 5.30. The number of carbonyl (C=O) groups excluding carboxylic acids is 1. The Hall–Kier alpha value is -2.95. The van der Waals surface area contributed by atoms with Gasteiger partial charge in [0.1, 0.15) is 0 Å². The average Bonchev–Trinajstić information content (AvgIpc) is 3.16. The molecule has 0 unspecified atom stereocenters. The first-order chi connectivity index (χ1) is 11.6. The van der Waals surface area contributed by atoms with Gasteiger partial charge in [-0.15, -0.1) is 0 Å². The molecule has 0 radical (unpaired) electrons. The molecule has 0 saturated carbocycles. The number of ketones is 1. The van der Waals surface area contributed by atoms with Crippen molar-refractivity contribution in [3.05, 3.63) is 52.6 Å². The summed E-state index contributed by atoms with van der Waals surface area (Å²) in [5.41, 5.74) is 3.95. The zero-order valence-corrected chi connectivity index (χ0v) is 13.6. The maximum atomic E-state index is 12.7. The normalized spacial score (nSPS) is 14.9. The molecule has 0 aromatic heterocycles. The van der Waals surface area contributed by atoms with E-state index >= 15 is 0 Å². The third-order valence-corrected chi connectivity index (χ3v) is 4.41. The second-order valence-corrected chi connectivity index (χ2v) is 5.65. The summed E-state index contributed by atoms with van der Waals surface area (Å²) < 4.78 is 21.5. The van der Waals surface area contributed by atoms with Crippen LogP contribution in [-0.4, -0.2) is 26.8 Å². The standard InChI is InChI=1S/C19H16O5/c1-10-18(11-4-5-14-17(6-11)24-9-23-14)12-7-15(21-2)16(22-3)8-13(12)19(10)20/h4-8H,9H2,1-3H3. The highest BCUT2D eigenvalue weighted by Crippen LogP contribution is 2.44. The van der Waals surface area contributed by atoms with Crippen LogP contribution in [0.3, 0.4) is 0 Å². The number of hydrogen-bond donors (Lipinski definition) is 0. The minimum absolute atomic E-state index is 0.00128. The van der Waals surface area contributed by atoms with Gasteiger partial charge >= 0.3 is 0 Å². The van der Waals surface area contributed by atoms with E-state index in [-0.39, 0.29) is 12.6 Å². The summed E-state index contributed by atoms with van der Waals surface area (Å²) in [7, 11) is 3.14. The highest BCUT2D eigenvalue weighted by atomic mass is 16.7. The molecule has 2 aromatic carbocycles. The number of fused-ring (bicyclic) bond motifs is 2. The van der Waals surface area contributed by atoms with E-state index in [9.17, 15) is 4.79 Å². The summed E-state index contributed by atoms with van der Waals surface area (Å²) in [6, 6.07) is 9.29. The molecule has 2 aliphatic rings. The Labute approximate surface area is 139 Å². The van der Waals surface area contributed by atoms with Crippen LogP contribution in [0.1, 0.15) is 28.4 Å². The van der Waals surface area contributed by atoms with Crippen molar-refractivity contribution in [3.8, 4) is 23.0 Å². The number of Topliss-reactive ketones (excluding diaryl/α,β-unsaturated/α-hetero) is 1. The SMILES string of the molecule is COc1cc2c(cc1OC)C(c1ccc3c(c1)OCO3)=C(C)C2=O. The molecule has 0 atom stereocenters. The van der Waals surface area contributed by atoms with Gasteiger partial charge in [-0.25, -0.2) is 0 Å². The Morgan fingerprint density at radius 1 is 0.917 bits per heavy atom. The Bertz CT molecular complexity index is 895. The molecule has 24 heavy (non-hydrogen) atoms. The highest BCUT2D eigenvalue weighted by Gasteiger charge is 2.30. The number of hydrogen-bond acceptors (Lipinski definition) is 5. The van der Waals surface area contributed by atoms with Crippen LogP contribution in [0.4, 0.5) is 0 Å². The molecule has 2 aromatic rings. The number of methoxy groups -OCH3 is 2. The van der Waals surface area contributed by atoms with Gasteiger partial charge in [-0.05, 0) is 47.9 Å². The smallest absolute Gasteiger partial charge is 0.231 e. The molecule has 0 N–H and O–H groups in total. The molecule has 122 valence electrons. The first-order valence-corrected chi connectivity index (χ1v) is 7.56. The largest absolute Gasteiger partial charge is 0.493 e. The van der Waals surface area contributed by atoms with Gasteiger partial charge in [-0.2, -0.15) is 0 Å². The molecular formula is C19H16O5. The molecule has 5 nitrogen and oxygen atoms in total. The van der Waals surface area contributed by atoms with Crippen molar-refractivity contribution >= 4 is 11.4 Å². The maximum absolute atomic E-state index is 12.7. The topological polar surface area (TPSA) is 54.0 Å². The average molecular weight is 324 g/mol. The fourth-order valence-corrected chi connectivity index (χ4v) is 3.22. The fourth-order valence-electron chi connectivity index (χ4n) is 3.22. The lowest BCUT2D eigenvalue weighted by Gasteiger charge is -2.12. The molecule has 5 heteroatoms. The van der Waals surface area contributed by atoms with E-state index in [4.69, 9.17) is 18.9 Å². The molecule has 0 spiro atoms. The summed E-state index contributed by atoms with van der Waals surface area (Å²) >= 11 is 0. The zero-order chi connectivity index (χ0) is 16.8. The molecule has 1 heterocycles. The predicted octanol–water partition coefficient (Wildman–Crippen LogP) is 3.45. The third kappa shape index (κ3) is 1.98. The molecule has 1 aliphatic heterocycles. The van der Waals surface area contributed by atoms with E-state index in [1.807, 2.05) is 31.2 Å². The van der Waals surface area contributed by atoms with E-state index in [0.29, 0.717) is 34.1 Å². The van der Waals surface area contributed by atoms with E-state index < -0.39 is 0 Å². The van der Waals surface area contributed by atoms with Crippen LogP contribution >= 0.6 is 0 Å². The first-order valence-electron chi connectivity index (χ1n) is 7.56. The van der Waals surface area contributed by atoms with Crippen LogP contribution in [0, 0.1) is 0 Å². The van der Waals surface area contributed by atoms with Crippen molar-refractivity contribution in [1.82, 2.24) is 0 Å². The Morgan fingerprint density at radius 3 is 2.29 bits per heavy atom. The lowest BCUT2D eigenvalue weighted by atomic mass is 9.97. The van der Waals surface area contributed by atoms with Crippen molar-refractivity contribution < 1.29 is 23.7 Å². The van der Waals surface area contributed by atoms with Gasteiger partial charge in [-0.1, -0.05) is 6.07 Å². The van der Waals surface area contributed by atoms with Crippen LogP contribution in [0.15, 0.2) is 35.9 Å². The molecule has 0 amide bonds. The number of carbonyl (C=O) groups is 1. The highest BCUT2D eigenvalue weighted by molar-refractivity contribution is 6.22. The van der Waals surface area contributed by atoms with Crippen molar-refractivity contribution in [2.24, 2.45) is 0 Å². The van der Waals surface area contributed by atoms with E-state index in [1.54, 1.807) is 20.3 Å². The minimum atomic E-state index is -0.00128. The van der Waals surface area contributed by atoms with Gasteiger partial charge in [0.2, 0.25) is 6.79 Å². The van der Waals surface area contributed by atoms with Gasteiger partial charge in [0.25, 0.3) is 0 Å². The Morgan fingerprint density at radius 2 is 1.58 bits per heavy atom.